The van der Waals surface area contributed by atoms with Gasteiger partial charge in [-0.3, -0.25) is 4.79 Å². The highest BCUT2D eigenvalue weighted by Crippen LogP contribution is 2.36. The van der Waals surface area contributed by atoms with Crippen LogP contribution in [0.3, 0.4) is 0 Å². The van der Waals surface area contributed by atoms with Gasteiger partial charge in [0.15, 0.2) is 12.1 Å². The van der Waals surface area contributed by atoms with E-state index in [4.69, 9.17) is 32.8 Å². The number of hydrogen-bond acceptors (Lipinski definition) is 18. The monoisotopic (exact) mass is 724 g/mol. The van der Waals surface area contributed by atoms with Crippen molar-refractivity contribution in [1.29, 1.82) is 0 Å². The number of fused-ring (bicyclic) bond motifs is 1. The van der Waals surface area contributed by atoms with Crippen LogP contribution in [0, 0.1) is 0 Å². The van der Waals surface area contributed by atoms with Crippen LogP contribution in [0.15, 0.2) is 51.7 Å². The van der Waals surface area contributed by atoms with Crippen molar-refractivity contribution >= 4 is 11.0 Å². The van der Waals surface area contributed by atoms with E-state index in [1.165, 1.54) is 56.3 Å². The molecule has 1 aromatic heterocycles. The zero-order valence-corrected chi connectivity index (χ0v) is 27.1. The maximum absolute atomic E-state index is 14.0. The number of aromatic hydroxyl groups is 1. The van der Waals surface area contributed by atoms with E-state index in [9.17, 15) is 55.9 Å². The van der Waals surface area contributed by atoms with Gasteiger partial charge in [0, 0.05) is 11.6 Å². The van der Waals surface area contributed by atoms with Crippen molar-refractivity contribution in [3.05, 3.63) is 52.7 Å². The number of ether oxygens (including phenoxy) is 6. The molecule has 3 fully saturated rings. The summed E-state index contributed by atoms with van der Waals surface area (Å²) in [5.41, 5.74) is -0.614. The lowest BCUT2D eigenvalue weighted by atomic mass is 9.98. The highest BCUT2D eigenvalue weighted by Gasteiger charge is 2.48. The molecule has 51 heavy (non-hydrogen) atoms. The molecule has 0 unspecified atom stereocenters. The van der Waals surface area contributed by atoms with Gasteiger partial charge in [-0.15, -0.1) is 0 Å². The number of phenolic OH excluding ortho intramolecular Hbond substituents is 1. The van der Waals surface area contributed by atoms with E-state index in [-0.39, 0.29) is 33.8 Å². The van der Waals surface area contributed by atoms with Gasteiger partial charge in [-0.25, -0.2) is 0 Å². The van der Waals surface area contributed by atoms with Crippen molar-refractivity contribution in [2.45, 2.75) is 106 Å². The van der Waals surface area contributed by atoms with Gasteiger partial charge in [0.2, 0.25) is 23.8 Å². The van der Waals surface area contributed by atoms with Gasteiger partial charge >= 0.3 is 0 Å². The summed E-state index contributed by atoms with van der Waals surface area (Å²) in [6.45, 7) is 2.35. The second kappa shape index (κ2) is 14.9. The summed E-state index contributed by atoms with van der Waals surface area (Å²) in [5, 5.41) is 103. The van der Waals surface area contributed by atoms with E-state index >= 15 is 0 Å². The Kier molecular flexibility index (Phi) is 10.9. The Morgan fingerprint density at radius 3 is 1.80 bits per heavy atom. The van der Waals surface area contributed by atoms with E-state index in [2.05, 4.69) is 0 Å². The SMILES string of the molecule is C[C@@H]1O[C@@H](OC[C@H]2O[C@@H](Oc3c(-c4ccc(O)cc4)oc4cc(O[C@@H]5O[C@@H](C)[C@H](O)[C@@H](O)[C@H]5O)ccc4c3=O)[C@H](O)[C@@H](O)[C@@H]2O)[C@H](O)[C@H](O)[C@H]1O. The van der Waals surface area contributed by atoms with Crippen molar-refractivity contribution < 1.29 is 83.9 Å². The average molecular weight is 725 g/mol. The normalized spacial score (nSPS) is 38.8. The molecule has 280 valence electrons. The first-order valence-corrected chi connectivity index (χ1v) is 16.1. The Morgan fingerprint density at radius 2 is 1.18 bits per heavy atom. The van der Waals surface area contributed by atoms with Crippen LogP contribution in [0.1, 0.15) is 13.8 Å². The van der Waals surface area contributed by atoms with Crippen LogP contribution >= 0.6 is 0 Å². The lowest BCUT2D eigenvalue weighted by Gasteiger charge is -2.42. The van der Waals surface area contributed by atoms with Gasteiger partial charge in [0.05, 0.1) is 24.2 Å². The number of benzene rings is 2. The summed E-state index contributed by atoms with van der Waals surface area (Å²) < 4.78 is 39.8. The maximum atomic E-state index is 14.0. The lowest BCUT2D eigenvalue weighted by molar-refractivity contribution is -0.318. The first-order chi connectivity index (χ1) is 24.2. The van der Waals surface area contributed by atoms with E-state index in [0.29, 0.717) is 0 Å². The van der Waals surface area contributed by atoms with Gasteiger partial charge < -0.3 is 83.9 Å². The molecule has 15 atom stereocenters. The number of phenols is 1. The van der Waals surface area contributed by atoms with E-state index in [1.54, 1.807) is 0 Å². The minimum Gasteiger partial charge on any atom is -0.508 e. The molecule has 10 N–H and O–H groups in total. The molecule has 0 radical (unpaired) electrons. The zero-order valence-electron chi connectivity index (χ0n) is 27.1. The molecule has 18 heteroatoms. The van der Waals surface area contributed by atoms with Crippen LogP contribution in [-0.4, -0.2) is 150 Å². The molecule has 0 spiro atoms. The molecule has 6 rings (SSSR count). The second-order valence-electron chi connectivity index (χ2n) is 12.7. The van der Waals surface area contributed by atoms with Crippen LogP contribution in [0.5, 0.6) is 17.2 Å². The summed E-state index contributed by atoms with van der Waals surface area (Å²) in [4.78, 5) is 14.0. The van der Waals surface area contributed by atoms with Crippen molar-refractivity contribution in [1.82, 2.24) is 0 Å². The van der Waals surface area contributed by atoms with Crippen molar-refractivity contribution in [2.24, 2.45) is 0 Å². The Hall–Kier alpha value is -3.47. The topological polar surface area (TPSA) is 288 Å². The fourth-order valence-corrected chi connectivity index (χ4v) is 5.99. The largest absolute Gasteiger partial charge is 0.508 e. The Morgan fingerprint density at radius 1 is 0.627 bits per heavy atom. The molecule has 2 aromatic carbocycles. The number of hydrogen-bond donors (Lipinski definition) is 10. The molecule has 0 bridgehead atoms. The number of aliphatic hydroxyl groups excluding tert-OH is 9. The Balaban J connectivity index is 1.29. The molecule has 3 saturated heterocycles. The van der Waals surface area contributed by atoms with Crippen molar-refractivity contribution in [3.8, 4) is 28.6 Å². The lowest BCUT2D eigenvalue weighted by Crippen LogP contribution is -2.61. The Labute approximate surface area is 288 Å². The summed E-state index contributed by atoms with van der Waals surface area (Å²) in [5.74, 6) is -0.772. The minimum atomic E-state index is -1.92. The molecular formula is C33H40O18. The third-order valence-corrected chi connectivity index (χ3v) is 9.15. The highest BCUT2D eigenvalue weighted by atomic mass is 16.7. The van der Waals surface area contributed by atoms with Gasteiger partial charge in [-0.05, 0) is 50.2 Å². The van der Waals surface area contributed by atoms with E-state index < -0.39 is 110 Å². The summed E-state index contributed by atoms with van der Waals surface area (Å²) in [6, 6.07) is 9.39. The molecule has 3 aromatic rings. The molecule has 3 aliphatic rings. The molecular weight excluding hydrogens is 684 g/mol. The van der Waals surface area contributed by atoms with Crippen LogP contribution in [0.2, 0.25) is 0 Å². The molecule has 3 aliphatic heterocycles. The van der Waals surface area contributed by atoms with Crippen LogP contribution < -0.4 is 14.9 Å². The van der Waals surface area contributed by atoms with E-state index in [1.807, 2.05) is 0 Å². The summed E-state index contributed by atoms with van der Waals surface area (Å²) >= 11 is 0. The van der Waals surface area contributed by atoms with Gasteiger partial charge in [-0.2, -0.15) is 0 Å². The molecule has 0 amide bonds. The molecule has 4 heterocycles. The van der Waals surface area contributed by atoms with Crippen molar-refractivity contribution in [3.63, 3.8) is 0 Å². The summed E-state index contributed by atoms with van der Waals surface area (Å²) in [6.07, 6.45) is -22.7. The third-order valence-electron chi connectivity index (χ3n) is 9.15. The number of aliphatic hydroxyl groups is 9. The maximum Gasteiger partial charge on any atom is 0.235 e. The minimum absolute atomic E-state index is 0.0466. The molecule has 18 nitrogen and oxygen atoms in total. The van der Waals surface area contributed by atoms with Crippen LogP contribution in [0.4, 0.5) is 0 Å². The first-order valence-electron chi connectivity index (χ1n) is 16.1. The Bertz CT molecular complexity index is 1720. The standard InChI is InChI=1S/C33H40O18/c1-11-19(35)23(39)26(42)31(46-11)45-10-18-22(38)25(41)28(44)33(50-18)51-30-21(37)16-8-7-15(48-32-27(43)24(40)20(36)12(2)47-32)9-17(16)49-29(30)13-3-5-14(34)6-4-13/h3-9,11-12,18-20,22-28,31-36,38-44H,10H2,1-2H3/t11-,12-,18+,19-,20-,22+,23+,24+,25-,26+,27+,28+,31+,32-,33-/m0/s1. The van der Waals surface area contributed by atoms with Gasteiger partial charge in [0.25, 0.3) is 0 Å². The summed E-state index contributed by atoms with van der Waals surface area (Å²) in [7, 11) is 0. The zero-order chi connectivity index (χ0) is 36.9. The average Bonchev–Trinajstić information content (AvgIpc) is 3.11. The predicted octanol–water partition coefficient (Wildman–Crippen LogP) is -2.60. The second-order valence-corrected chi connectivity index (χ2v) is 12.7. The third kappa shape index (κ3) is 7.29. The number of rotatable bonds is 8. The van der Waals surface area contributed by atoms with E-state index in [0.717, 1.165) is 0 Å². The highest BCUT2D eigenvalue weighted by molar-refractivity contribution is 5.83. The van der Waals surface area contributed by atoms with Gasteiger partial charge in [0.1, 0.15) is 78.1 Å². The molecule has 0 saturated carbocycles. The molecule has 0 aliphatic carbocycles. The fourth-order valence-electron chi connectivity index (χ4n) is 5.99. The smallest absolute Gasteiger partial charge is 0.235 e. The quantitative estimate of drug-likeness (QED) is 0.114. The predicted molar refractivity (Wildman–Crippen MR) is 168 cm³/mol. The van der Waals surface area contributed by atoms with Crippen LogP contribution in [-0.2, 0) is 18.9 Å². The van der Waals surface area contributed by atoms with Crippen molar-refractivity contribution in [2.75, 3.05) is 6.61 Å². The first kappa shape index (κ1) is 37.3. The van der Waals surface area contributed by atoms with Crippen LogP contribution in [0.25, 0.3) is 22.3 Å². The van der Waals surface area contributed by atoms with Gasteiger partial charge in [-0.1, -0.05) is 0 Å². The fraction of sp³-hybridized carbons (Fsp3) is 0.545.